The van der Waals surface area contributed by atoms with Crippen molar-refractivity contribution in [2.75, 3.05) is 33.2 Å². The Labute approximate surface area is 102 Å². The molecular weight excluding hydrogens is 212 g/mol. The van der Waals surface area contributed by atoms with Gasteiger partial charge in [0.25, 0.3) is 0 Å². The molecule has 90 valence electrons. The third-order valence-corrected chi connectivity index (χ3v) is 3.03. The largest absolute Gasteiger partial charge is 0.375 e. The van der Waals surface area contributed by atoms with Crippen molar-refractivity contribution in [2.45, 2.75) is 0 Å². The number of ketones is 1. The molecule has 0 radical (unpaired) electrons. The van der Waals surface area contributed by atoms with Gasteiger partial charge in [0.2, 0.25) is 0 Å². The molecule has 0 amide bonds. The van der Waals surface area contributed by atoms with Crippen LogP contribution in [0.25, 0.3) is 0 Å². The summed E-state index contributed by atoms with van der Waals surface area (Å²) in [5, 5.41) is 0. The molecule has 2 rings (SSSR count). The lowest BCUT2D eigenvalue weighted by molar-refractivity contribution is 0.104. The number of carbonyl (C=O) groups excluding carboxylic acids is 1. The van der Waals surface area contributed by atoms with E-state index in [1.165, 1.54) is 0 Å². The van der Waals surface area contributed by atoms with Gasteiger partial charge < -0.3 is 9.80 Å². The SMILES string of the molecule is CN1CCN(/C=C/C(=O)c2ccccc2)CC1. The van der Waals surface area contributed by atoms with Gasteiger partial charge in [0.05, 0.1) is 0 Å². The number of rotatable bonds is 3. The molecule has 0 saturated carbocycles. The molecule has 0 N–H and O–H groups in total. The molecule has 1 aliphatic rings. The highest BCUT2D eigenvalue weighted by Gasteiger charge is 2.10. The Morgan fingerprint density at radius 1 is 1.12 bits per heavy atom. The Kier molecular flexibility index (Phi) is 3.94. The summed E-state index contributed by atoms with van der Waals surface area (Å²) in [6, 6.07) is 9.38. The van der Waals surface area contributed by atoms with Crippen LogP contribution < -0.4 is 0 Å². The van der Waals surface area contributed by atoms with E-state index in [1.54, 1.807) is 6.08 Å². The summed E-state index contributed by atoms with van der Waals surface area (Å²) in [5.41, 5.74) is 0.748. The zero-order chi connectivity index (χ0) is 12.1. The van der Waals surface area contributed by atoms with Gasteiger partial charge in [-0.2, -0.15) is 0 Å². The smallest absolute Gasteiger partial charge is 0.187 e. The Hall–Kier alpha value is -1.61. The van der Waals surface area contributed by atoms with Crippen molar-refractivity contribution >= 4 is 5.78 Å². The first-order chi connectivity index (χ1) is 8.25. The number of piperazine rings is 1. The maximum absolute atomic E-state index is 11.8. The molecule has 1 aromatic carbocycles. The topological polar surface area (TPSA) is 23.6 Å². The fourth-order valence-corrected chi connectivity index (χ4v) is 1.84. The van der Waals surface area contributed by atoms with Crippen molar-refractivity contribution < 1.29 is 4.79 Å². The second-order valence-electron chi connectivity index (χ2n) is 4.39. The van der Waals surface area contributed by atoms with Gasteiger partial charge >= 0.3 is 0 Å². The molecule has 17 heavy (non-hydrogen) atoms. The van der Waals surface area contributed by atoms with Gasteiger partial charge in [0, 0.05) is 44.0 Å². The van der Waals surface area contributed by atoms with Gasteiger partial charge in [-0.1, -0.05) is 30.3 Å². The number of benzene rings is 1. The van der Waals surface area contributed by atoms with E-state index >= 15 is 0 Å². The van der Waals surface area contributed by atoms with Gasteiger partial charge in [-0.05, 0) is 7.05 Å². The lowest BCUT2D eigenvalue weighted by Gasteiger charge is -2.31. The first-order valence-electron chi connectivity index (χ1n) is 5.96. The first-order valence-corrected chi connectivity index (χ1v) is 5.96. The fourth-order valence-electron chi connectivity index (χ4n) is 1.84. The van der Waals surface area contributed by atoms with Crippen LogP contribution in [0.5, 0.6) is 0 Å². The average Bonchev–Trinajstić information content (AvgIpc) is 2.39. The van der Waals surface area contributed by atoms with Crippen LogP contribution in [0.1, 0.15) is 10.4 Å². The van der Waals surface area contributed by atoms with Crippen molar-refractivity contribution in [1.82, 2.24) is 9.80 Å². The quantitative estimate of drug-likeness (QED) is 0.582. The van der Waals surface area contributed by atoms with E-state index in [0.717, 1.165) is 31.7 Å². The zero-order valence-electron chi connectivity index (χ0n) is 10.2. The normalized spacial score (nSPS) is 17.6. The van der Waals surface area contributed by atoms with Gasteiger partial charge in [0.15, 0.2) is 5.78 Å². The van der Waals surface area contributed by atoms with Crippen LogP contribution in [0.4, 0.5) is 0 Å². The van der Waals surface area contributed by atoms with E-state index in [2.05, 4.69) is 16.8 Å². The number of nitrogens with zero attached hydrogens (tertiary/aromatic N) is 2. The first kappa shape index (κ1) is 11.9. The summed E-state index contributed by atoms with van der Waals surface area (Å²) in [4.78, 5) is 16.3. The average molecular weight is 230 g/mol. The van der Waals surface area contributed by atoms with E-state index in [4.69, 9.17) is 0 Å². The van der Waals surface area contributed by atoms with Gasteiger partial charge in [-0.3, -0.25) is 4.79 Å². The molecular formula is C14H18N2O. The summed E-state index contributed by atoms with van der Waals surface area (Å²) < 4.78 is 0. The molecule has 1 fully saturated rings. The van der Waals surface area contributed by atoms with Crippen molar-refractivity contribution in [3.8, 4) is 0 Å². The van der Waals surface area contributed by atoms with Crippen LogP contribution >= 0.6 is 0 Å². The molecule has 1 aromatic rings. The second-order valence-corrected chi connectivity index (χ2v) is 4.39. The number of carbonyl (C=O) groups is 1. The highest BCUT2D eigenvalue weighted by atomic mass is 16.1. The van der Waals surface area contributed by atoms with Crippen molar-refractivity contribution in [2.24, 2.45) is 0 Å². The molecule has 1 saturated heterocycles. The second kappa shape index (κ2) is 5.64. The van der Waals surface area contributed by atoms with Crippen molar-refractivity contribution in [3.05, 3.63) is 48.2 Å². The molecule has 0 bridgehead atoms. The van der Waals surface area contributed by atoms with Gasteiger partial charge in [-0.25, -0.2) is 0 Å². The van der Waals surface area contributed by atoms with E-state index in [9.17, 15) is 4.79 Å². The molecule has 0 aromatic heterocycles. The Balaban J connectivity index is 1.90. The van der Waals surface area contributed by atoms with Crippen LogP contribution in [-0.2, 0) is 0 Å². The molecule has 0 aliphatic carbocycles. The third-order valence-electron chi connectivity index (χ3n) is 3.03. The minimum atomic E-state index is 0.0736. The predicted octanol–water partition coefficient (Wildman–Crippen LogP) is 1.63. The minimum Gasteiger partial charge on any atom is -0.375 e. The van der Waals surface area contributed by atoms with Crippen LogP contribution in [0, 0.1) is 0 Å². The molecule has 0 spiro atoms. The van der Waals surface area contributed by atoms with E-state index < -0.39 is 0 Å². The highest BCUT2D eigenvalue weighted by molar-refractivity contribution is 6.04. The summed E-state index contributed by atoms with van der Waals surface area (Å²) >= 11 is 0. The highest BCUT2D eigenvalue weighted by Crippen LogP contribution is 2.03. The van der Waals surface area contributed by atoms with E-state index in [1.807, 2.05) is 36.5 Å². The predicted molar refractivity (Wildman–Crippen MR) is 69.0 cm³/mol. The monoisotopic (exact) mass is 230 g/mol. The number of hydrogen-bond acceptors (Lipinski definition) is 3. The van der Waals surface area contributed by atoms with Gasteiger partial charge in [0.1, 0.15) is 0 Å². The number of allylic oxidation sites excluding steroid dienone is 1. The molecule has 0 unspecified atom stereocenters. The summed E-state index contributed by atoms with van der Waals surface area (Å²) in [6.45, 7) is 4.11. The Morgan fingerprint density at radius 2 is 1.76 bits per heavy atom. The molecule has 3 nitrogen and oxygen atoms in total. The number of hydrogen-bond donors (Lipinski definition) is 0. The Morgan fingerprint density at radius 3 is 2.41 bits per heavy atom. The van der Waals surface area contributed by atoms with Crippen LogP contribution in [-0.4, -0.2) is 48.8 Å². The molecule has 1 heterocycles. The van der Waals surface area contributed by atoms with Gasteiger partial charge in [-0.15, -0.1) is 0 Å². The minimum absolute atomic E-state index is 0.0736. The van der Waals surface area contributed by atoms with Crippen LogP contribution in [0.3, 0.4) is 0 Å². The van der Waals surface area contributed by atoms with Crippen LogP contribution in [0.2, 0.25) is 0 Å². The molecule has 3 heteroatoms. The lowest BCUT2D eigenvalue weighted by Crippen LogP contribution is -2.41. The molecule has 0 atom stereocenters. The van der Waals surface area contributed by atoms with Crippen molar-refractivity contribution in [1.29, 1.82) is 0 Å². The fraction of sp³-hybridized carbons (Fsp3) is 0.357. The number of likely N-dealkylation sites (N-methyl/N-ethyl adjacent to an activating group) is 1. The van der Waals surface area contributed by atoms with Crippen molar-refractivity contribution in [3.63, 3.8) is 0 Å². The van der Waals surface area contributed by atoms with E-state index in [-0.39, 0.29) is 5.78 Å². The maximum atomic E-state index is 11.8. The van der Waals surface area contributed by atoms with E-state index in [0.29, 0.717) is 0 Å². The zero-order valence-corrected chi connectivity index (χ0v) is 10.2. The third kappa shape index (κ3) is 3.43. The lowest BCUT2D eigenvalue weighted by atomic mass is 10.1. The summed E-state index contributed by atoms with van der Waals surface area (Å²) in [7, 11) is 2.12. The summed E-state index contributed by atoms with van der Waals surface area (Å²) in [5.74, 6) is 0.0736. The Bertz CT molecular complexity index is 392. The molecule has 1 aliphatic heterocycles. The maximum Gasteiger partial charge on any atom is 0.187 e. The van der Waals surface area contributed by atoms with Crippen LogP contribution in [0.15, 0.2) is 42.6 Å². The summed E-state index contributed by atoms with van der Waals surface area (Å²) in [6.07, 6.45) is 3.59. The standard InChI is InChI=1S/C14H18N2O/c1-15-9-11-16(12-10-15)8-7-14(17)13-5-3-2-4-6-13/h2-8H,9-12H2,1H3/b8-7+.